The van der Waals surface area contributed by atoms with Crippen molar-refractivity contribution in [3.63, 3.8) is 0 Å². The second-order valence-electron chi connectivity index (χ2n) is 2.27. The lowest BCUT2D eigenvalue weighted by Gasteiger charge is -1.96. The summed E-state index contributed by atoms with van der Waals surface area (Å²) in [5, 5.41) is 10.7. The third-order valence-electron chi connectivity index (χ3n) is 1.27. The number of hydrogen-bond acceptors (Lipinski definition) is 5. The maximum absolute atomic E-state index is 10.6. The minimum Gasteiger partial charge on any atom is -0.394 e. The van der Waals surface area contributed by atoms with Gasteiger partial charge in [0.15, 0.2) is 0 Å². The molecule has 0 unspecified atom stereocenters. The summed E-state index contributed by atoms with van der Waals surface area (Å²) in [7, 11) is 0. The first-order valence-electron chi connectivity index (χ1n) is 3.67. The van der Waals surface area contributed by atoms with Crippen LogP contribution in [0.3, 0.4) is 0 Å². The number of aliphatic hydroxyl groups excluding tert-OH is 1. The molecule has 0 aliphatic heterocycles. The SMILES string of the molecule is NC(=O)c1csc(COCCO)n1. The summed E-state index contributed by atoms with van der Waals surface area (Å²) in [5.74, 6) is -0.537. The molecule has 0 bridgehead atoms. The number of aliphatic hydroxyl groups is 1. The molecule has 13 heavy (non-hydrogen) atoms. The zero-order chi connectivity index (χ0) is 9.68. The van der Waals surface area contributed by atoms with Gasteiger partial charge >= 0.3 is 0 Å². The molecule has 1 aromatic heterocycles. The average Bonchev–Trinajstić information content (AvgIpc) is 2.53. The van der Waals surface area contributed by atoms with Gasteiger partial charge in [0.25, 0.3) is 5.91 Å². The van der Waals surface area contributed by atoms with E-state index in [1.807, 2.05) is 0 Å². The van der Waals surface area contributed by atoms with E-state index >= 15 is 0 Å². The summed E-state index contributed by atoms with van der Waals surface area (Å²) >= 11 is 1.31. The molecule has 72 valence electrons. The fourth-order valence-electron chi connectivity index (χ4n) is 0.714. The summed E-state index contributed by atoms with van der Waals surface area (Å²) < 4.78 is 5.01. The van der Waals surface area contributed by atoms with Gasteiger partial charge in [-0.1, -0.05) is 0 Å². The molecule has 5 nitrogen and oxygen atoms in total. The van der Waals surface area contributed by atoms with Crippen LogP contribution in [-0.4, -0.2) is 29.2 Å². The molecule has 6 heteroatoms. The third-order valence-corrected chi connectivity index (χ3v) is 2.09. The topological polar surface area (TPSA) is 85.4 Å². The first-order valence-corrected chi connectivity index (χ1v) is 4.55. The average molecular weight is 202 g/mol. The summed E-state index contributed by atoms with van der Waals surface area (Å²) in [5.41, 5.74) is 5.26. The molecule has 0 radical (unpaired) electrons. The minimum absolute atomic E-state index is 0.0198. The largest absolute Gasteiger partial charge is 0.394 e. The van der Waals surface area contributed by atoms with E-state index in [2.05, 4.69) is 4.98 Å². The van der Waals surface area contributed by atoms with Crippen molar-refractivity contribution in [1.82, 2.24) is 4.98 Å². The van der Waals surface area contributed by atoms with E-state index in [1.54, 1.807) is 5.38 Å². The third kappa shape index (κ3) is 3.10. The Morgan fingerprint density at radius 3 is 3.08 bits per heavy atom. The van der Waals surface area contributed by atoms with Gasteiger partial charge < -0.3 is 15.6 Å². The van der Waals surface area contributed by atoms with Gasteiger partial charge in [-0.05, 0) is 0 Å². The maximum atomic E-state index is 10.6. The van der Waals surface area contributed by atoms with Gasteiger partial charge in [0, 0.05) is 5.38 Å². The Labute approximate surface area is 79.2 Å². The van der Waals surface area contributed by atoms with Crippen LogP contribution in [-0.2, 0) is 11.3 Å². The predicted octanol–water partition coefficient (Wildman–Crippen LogP) is -0.249. The number of thiazole rings is 1. The Bertz CT molecular complexity index is 287. The number of amides is 1. The lowest BCUT2D eigenvalue weighted by Crippen LogP contribution is -2.11. The standard InChI is InChI=1S/C7H10N2O3S/c8-7(11)5-4-13-6(9-5)3-12-2-1-10/h4,10H,1-3H2,(H2,8,11). The number of carbonyl (C=O) groups excluding carboxylic acids is 1. The van der Waals surface area contributed by atoms with Crippen molar-refractivity contribution in [2.45, 2.75) is 6.61 Å². The van der Waals surface area contributed by atoms with E-state index in [-0.39, 0.29) is 18.9 Å². The van der Waals surface area contributed by atoms with Crippen molar-refractivity contribution in [2.75, 3.05) is 13.2 Å². The number of ether oxygens (including phenoxy) is 1. The van der Waals surface area contributed by atoms with Gasteiger partial charge in [-0.25, -0.2) is 4.98 Å². The Morgan fingerprint density at radius 2 is 2.54 bits per heavy atom. The zero-order valence-electron chi connectivity index (χ0n) is 6.90. The Morgan fingerprint density at radius 1 is 1.77 bits per heavy atom. The van der Waals surface area contributed by atoms with Gasteiger partial charge in [0.2, 0.25) is 0 Å². The minimum atomic E-state index is -0.537. The van der Waals surface area contributed by atoms with Gasteiger partial charge in [0.1, 0.15) is 10.7 Å². The van der Waals surface area contributed by atoms with E-state index in [4.69, 9.17) is 15.6 Å². The van der Waals surface area contributed by atoms with Gasteiger partial charge in [-0.3, -0.25) is 4.79 Å². The van der Waals surface area contributed by atoms with Crippen molar-refractivity contribution in [1.29, 1.82) is 0 Å². The second-order valence-corrected chi connectivity index (χ2v) is 3.21. The molecule has 1 heterocycles. The summed E-state index contributed by atoms with van der Waals surface area (Å²) in [6.07, 6.45) is 0. The van der Waals surface area contributed by atoms with Crippen molar-refractivity contribution >= 4 is 17.2 Å². The fourth-order valence-corrected chi connectivity index (χ4v) is 1.43. The Kier molecular flexibility index (Phi) is 3.81. The first kappa shape index (κ1) is 10.1. The molecule has 0 saturated carbocycles. The van der Waals surface area contributed by atoms with Crippen LogP contribution in [0.1, 0.15) is 15.5 Å². The van der Waals surface area contributed by atoms with Crippen LogP contribution in [0.2, 0.25) is 0 Å². The summed E-state index contributed by atoms with van der Waals surface area (Å²) in [6, 6.07) is 0. The van der Waals surface area contributed by atoms with E-state index in [1.165, 1.54) is 11.3 Å². The molecule has 0 spiro atoms. The van der Waals surface area contributed by atoms with Crippen molar-refractivity contribution in [2.24, 2.45) is 5.73 Å². The first-order chi connectivity index (χ1) is 6.24. The molecule has 0 aliphatic rings. The molecular weight excluding hydrogens is 192 g/mol. The van der Waals surface area contributed by atoms with E-state index < -0.39 is 5.91 Å². The maximum Gasteiger partial charge on any atom is 0.268 e. The highest BCUT2D eigenvalue weighted by Gasteiger charge is 2.05. The molecule has 0 aromatic carbocycles. The summed E-state index contributed by atoms with van der Waals surface area (Å²) in [4.78, 5) is 14.5. The van der Waals surface area contributed by atoms with Gasteiger partial charge in [-0.15, -0.1) is 11.3 Å². The van der Waals surface area contributed by atoms with Crippen LogP contribution in [0, 0.1) is 0 Å². The number of hydrogen-bond donors (Lipinski definition) is 2. The van der Waals surface area contributed by atoms with Gasteiger partial charge in [-0.2, -0.15) is 0 Å². The number of nitrogens with two attached hydrogens (primary N) is 1. The fraction of sp³-hybridized carbons (Fsp3) is 0.429. The Balaban J connectivity index is 2.44. The van der Waals surface area contributed by atoms with Crippen LogP contribution < -0.4 is 5.73 Å². The smallest absolute Gasteiger partial charge is 0.268 e. The highest BCUT2D eigenvalue weighted by atomic mass is 32.1. The van der Waals surface area contributed by atoms with Crippen LogP contribution in [0.25, 0.3) is 0 Å². The van der Waals surface area contributed by atoms with Crippen LogP contribution in [0.4, 0.5) is 0 Å². The van der Waals surface area contributed by atoms with Crippen LogP contribution in [0.15, 0.2) is 5.38 Å². The number of primary amides is 1. The van der Waals surface area contributed by atoms with E-state index in [0.29, 0.717) is 11.6 Å². The molecule has 1 rings (SSSR count). The molecule has 0 atom stereocenters. The van der Waals surface area contributed by atoms with Crippen molar-refractivity contribution < 1.29 is 14.6 Å². The molecular formula is C7H10N2O3S. The van der Waals surface area contributed by atoms with E-state index in [9.17, 15) is 4.79 Å². The molecule has 1 aromatic rings. The zero-order valence-corrected chi connectivity index (χ0v) is 7.71. The molecule has 0 fully saturated rings. The van der Waals surface area contributed by atoms with Crippen molar-refractivity contribution in [3.8, 4) is 0 Å². The van der Waals surface area contributed by atoms with E-state index in [0.717, 1.165) is 0 Å². The highest BCUT2D eigenvalue weighted by molar-refractivity contribution is 7.09. The van der Waals surface area contributed by atoms with Crippen LogP contribution in [0.5, 0.6) is 0 Å². The molecule has 1 amide bonds. The lowest BCUT2D eigenvalue weighted by molar-refractivity contribution is 0.0812. The molecule has 3 N–H and O–H groups in total. The lowest BCUT2D eigenvalue weighted by atomic mass is 10.5. The number of nitrogens with zero attached hydrogens (tertiary/aromatic N) is 1. The quantitative estimate of drug-likeness (QED) is 0.645. The molecule has 0 saturated heterocycles. The number of aromatic nitrogens is 1. The van der Waals surface area contributed by atoms with Gasteiger partial charge in [0.05, 0.1) is 19.8 Å². The monoisotopic (exact) mass is 202 g/mol. The highest BCUT2D eigenvalue weighted by Crippen LogP contribution is 2.09. The summed E-state index contributed by atoms with van der Waals surface area (Å²) in [6.45, 7) is 0.554. The normalized spacial score (nSPS) is 10.2. The Hall–Kier alpha value is -0.980. The molecule has 0 aliphatic carbocycles. The number of carbonyl (C=O) groups is 1. The number of rotatable bonds is 5. The van der Waals surface area contributed by atoms with Crippen molar-refractivity contribution in [3.05, 3.63) is 16.1 Å². The van der Waals surface area contributed by atoms with Crippen LogP contribution >= 0.6 is 11.3 Å². The second kappa shape index (κ2) is 4.90. The predicted molar refractivity (Wildman–Crippen MR) is 47.4 cm³/mol.